The highest BCUT2D eigenvalue weighted by molar-refractivity contribution is 5.09. The van der Waals surface area contributed by atoms with Crippen molar-refractivity contribution < 1.29 is 24.0 Å². The van der Waals surface area contributed by atoms with Crippen molar-refractivity contribution in [1.29, 1.82) is 0 Å². The first-order valence-corrected chi connectivity index (χ1v) is 8.82. The first kappa shape index (κ1) is 15.3. The average Bonchev–Trinajstić information content (AvgIpc) is 2.71. The Kier molecular flexibility index (Phi) is 3.59. The van der Waals surface area contributed by atoms with Gasteiger partial charge in [0.2, 0.25) is 5.79 Å². The maximum absolute atomic E-state index is 6.25. The zero-order valence-corrected chi connectivity index (χ0v) is 14.0. The highest BCUT2D eigenvalue weighted by Gasteiger charge is 2.69. The van der Waals surface area contributed by atoms with Crippen molar-refractivity contribution >= 4 is 0 Å². The molecule has 0 aromatic heterocycles. The van der Waals surface area contributed by atoms with Crippen LogP contribution in [0.4, 0.5) is 0 Å². The molecule has 4 saturated heterocycles. The van der Waals surface area contributed by atoms with Gasteiger partial charge >= 0.3 is 0 Å². The van der Waals surface area contributed by atoms with Crippen LogP contribution in [0.25, 0.3) is 0 Å². The van der Waals surface area contributed by atoms with Crippen molar-refractivity contribution in [2.45, 2.75) is 77.3 Å². The zero-order chi connectivity index (χ0) is 15.5. The van der Waals surface area contributed by atoms with E-state index in [1.165, 1.54) is 6.42 Å². The van der Waals surface area contributed by atoms with Crippen LogP contribution >= 0.6 is 0 Å². The fraction of sp³-hybridized carbons (Fsp3) is 1.00. The molecule has 0 aromatic rings. The molecular formula is C17H28O5. The van der Waals surface area contributed by atoms with Crippen molar-refractivity contribution in [2.24, 2.45) is 23.7 Å². The Bertz CT molecular complexity index is 443. The monoisotopic (exact) mass is 312 g/mol. The van der Waals surface area contributed by atoms with E-state index in [4.69, 9.17) is 24.0 Å². The summed E-state index contributed by atoms with van der Waals surface area (Å²) in [5.41, 5.74) is -0.472. The van der Waals surface area contributed by atoms with E-state index in [0.717, 1.165) is 19.3 Å². The molecule has 126 valence electrons. The topological polar surface area (TPSA) is 46.2 Å². The summed E-state index contributed by atoms with van der Waals surface area (Å²) in [6, 6.07) is 0. The molecule has 22 heavy (non-hydrogen) atoms. The van der Waals surface area contributed by atoms with E-state index in [0.29, 0.717) is 24.4 Å². The quantitative estimate of drug-likeness (QED) is 0.733. The third kappa shape index (κ3) is 1.96. The van der Waals surface area contributed by atoms with E-state index >= 15 is 0 Å². The van der Waals surface area contributed by atoms with Crippen LogP contribution in [0.1, 0.15) is 53.4 Å². The minimum absolute atomic E-state index is 0.216. The lowest BCUT2D eigenvalue weighted by Crippen LogP contribution is -2.70. The summed E-state index contributed by atoms with van der Waals surface area (Å²) in [7, 11) is 0. The van der Waals surface area contributed by atoms with Crippen LogP contribution < -0.4 is 0 Å². The zero-order valence-electron chi connectivity index (χ0n) is 14.0. The molecule has 0 unspecified atom stereocenters. The van der Waals surface area contributed by atoms with Crippen molar-refractivity contribution in [2.75, 3.05) is 6.61 Å². The number of fused-ring (bicyclic) bond motifs is 2. The third-order valence-electron chi connectivity index (χ3n) is 6.43. The van der Waals surface area contributed by atoms with Gasteiger partial charge in [0.05, 0.1) is 0 Å². The number of hydrogen-bond acceptors (Lipinski definition) is 5. The summed E-state index contributed by atoms with van der Waals surface area (Å²) in [4.78, 5) is 11.9. The van der Waals surface area contributed by atoms with Crippen molar-refractivity contribution in [3.63, 3.8) is 0 Å². The summed E-state index contributed by atoms with van der Waals surface area (Å²) in [6.45, 7) is 9.15. The molecule has 1 saturated carbocycles. The fourth-order valence-electron chi connectivity index (χ4n) is 5.23. The highest BCUT2D eigenvalue weighted by Crippen LogP contribution is 2.60. The Balaban J connectivity index is 1.75. The Morgan fingerprint density at radius 2 is 1.91 bits per heavy atom. The number of ether oxygens (including phenoxy) is 3. The molecule has 5 aliphatic rings. The second-order valence-corrected chi connectivity index (χ2v) is 7.73. The lowest BCUT2D eigenvalue weighted by molar-refractivity contribution is -0.577. The Hall–Kier alpha value is -0.200. The van der Waals surface area contributed by atoms with E-state index in [1.807, 2.05) is 13.8 Å². The summed E-state index contributed by atoms with van der Waals surface area (Å²) < 4.78 is 18.3. The highest BCUT2D eigenvalue weighted by atomic mass is 17.3. The van der Waals surface area contributed by atoms with Crippen LogP contribution in [0, 0.1) is 23.7 Å². The van der Waals surface area contributed by atoms with Gasteiger partial charge in [-0.3, -0.25) is 0 Å². The molecule has 0 N–H and O–H groups in total. The molecular weight excluding hydrogens is 284 g/mol. The normalized spacial score (nSPS) is 57.3. The molecule has 0 amide bonds. The van der Waals surface area contributed by atoms with Gasteiger partial charge in [-0.05, 0) is 44.9 Å². The van der Waals surface area contributed by atoms with Gasteiger partial charge in [0.25, 0.3) is 0 Å². The van der Waals surface area contributed by atoms with E-state index in [9.17, 15) is 0 Å². The van der Waals surface area contributed by atoms with Crippen LogP contribution in [0.15, 0.2) is 0 Å². The smallest absolute Gasteiger partial charge is 0.201 e. The van der Waals surface area contributed by atoms with E-state index in [2.05, 4.69) is 13.8 Å². The van der Waals surface area contributed by atoms with Crippen LogP contribution in [-0.4, -0.2) is 30.6 Å². The van der Waals surface area contributed by atoms with E-state index in [-0.39, 0.29) is 18.5 Å². The van der Waals surface area contributed by atoms with Gasteiger partial charge < -0.3 is 14.2 Å². The standard InChI is InChI=1S/C17H28O5/c1-5-18-14-11(3)13-7-6-10(2)12-8-9-16(4)20-15(19-14)17(12,13)22-21-16/h10-15H,5-9H2,1-4H3/t10-,11+,12-,13-,14-,15-,16-,17-/m1/s1. The molecule has 2 bridgehead atoms. The van der Waals surface area contributed by atoms with Gasteiger partial charge in [0, 0.05) is 24.9 Å². The molecule has 5 nitrogen and oxygen atoms in total. The molecule has 0 radical (unpaired) electrons. The summed E-state index contributed by atoms with van der Waals surface area (Å²) in [5.74, 6) is 0.957. The third-order valence-corrected chi connectivity index (χ3v) is 6.43. The molecule has 4 aliphatic heterocycles. The minimum atomic E-state index is -0.700. The van der Waals surface area contributed by atoms with Gasteiger partial charge in [-0.25, -0.2) is 9.78 Å². The number of hydrogen-bond donors (Lipinski definition) is 0. The molecule has 0 aromatic carbocycles. The van der Waals surface area contributed by atoms with Crippen molar-refractivity contribution in [1.82, 2.24) is 0 Å². The number of rotatable bonds is 2. The molecule has 1 aliphatic carbocycles. The predicted molar refractivity (Wildman–Crippen MR) is 78.5 cm³/mol. The molecule has 5 heteroatoms. The minimum Gasteiger partial charge on any atom is -0.353 e. The Morgan fingerprint density at radius 1 is 1.09 bits per heavy atom. The van der Waals surface area contributed by atoms with Gasteiger partial charge in [0.1, 0.15) is 0 Å². The molecule has 5 fully saturated rings. The largest absolute Gasteiger partial charge is 0.353 e. The second-order valence-electron chi connectivity index (χ2n) is 7.73. The van der Waals surface area contributed by atoms with Crippen LogP contribution in [0.2, 0.25) is 0 Å². The Labute approximate surface area is 132 Å². The molecule has 5 rings (SSSR count). The molecule has 4 heterocycles. The maximum atomic E-state index is 6.25. The first-order chi connectivity index (χ1) is 10.5. The average molecular weight is 312 g/mol. The van der Waals surface area contributed by atoms with Crippen molar-refractivity contribution in [3.8, 4) is 0 Å². The maximum Gasteiger partial charge on any atom is 0.201 e. The molecule has 1 spiro atoms. The van der Waals surface area contributed by atoms with Gasteiger partial charge in [-0.15, -0.1) is 0 Å². The SMILES string of the molecule is CCO[C@@H]1O[C@@H]2O[C@@]3(C)CC[C@@H]4[C@H](C)CC[C@H]([C@@H]1C)[C@@]24OO3. The van der Waals surface area contributed by atoms with E-state index < -0.39 is 11.4 Å². The first-order valence-electron chi connectivity index (χ1n) is 8.82. The second kappa shape index (κ2) is 5.15. The fourth-order valence-corrected chi connectivity index (χ4v) is 5.23. The van der Waals surface area contributed by atoms with Crippen LogP contribution in [-0.2, 0) is 24.0 Å². The summed E-state index contributed by atoms with van der Waals surface area (Å²) >= 11 is 0. The Morgan fingerprint density at radius 3 is 2.68 bits per heavy atom. The summed E-state index contributed by atoms with van der Waals surface area (Å²) in [6.07, 6.45) is 3.66. The van der Waals surface area contributed by atoms with Gasteiger partial charge in [-0.1, -0.05) is 13.8 Å². The van der Waals surface area contributed by atoms with Crippen molar-refractivity contribution in [3.05, 3.63) is 0 Å². The molecule has 8 atom stereocenters. The van der Waals surface area contributed by atoms with Crippen LogP contribution in [0.5, 0.6) is 0 Å². The van der Waals surface area contributed by atoms with Crippen LogP contribution in [0.3, 0.4) is 0 Å². The predicted octanol–water partition coefficient (Wildman–Crippen LogP) is 3.23. The van der Waals surface area contributed by atoms with Gasteiger partial charge in [0.15, 0.2) is 18.2 Å². The van der Waals surface area contributed by atoms with Gasteiger partial charge in [-0.2, -0.15) is 0 Å². The summed E-state index contributed by atoms with van der Waals surface area (Å²) in [5, 5.41) is 0. The lowest BCUT2D eigenvalue weighted by atomic mass is 9.58. The van der Waals surface area contributed by atoms with E-state index in [1.54, 1.807) is 0 Å². The lowest BCUT2D eigenvalue weighted by Gasteiger charge is -2.60.